The van der Waals surface area contributed by atoms with Gasteiger partial charge in [-0.2, -0.15) is 8.78 Å². The first-order valence-corrected chi connectivity index (χ1v) is 4.56. The number of ether oxygens (including phenoxy) is 2. The molecule has 0 fully saturated rings. The summed E-state index contributed by atoms with van der Waals surface area (Å²) in [7, 11) is 0. The third kappa shape index (κ3) is 3.33. The lowest BCUT2D eigenvalue weighted by Gasteiger charge is -2.10. The number of alkyl halides is 2. The van der Waals surface area contributed by atoms with Crippen LogP contribution in [0.2, 0.25) is 0 Å². The van der Waals surface area contributed by atoms with Crippen molar-refractivity contribution in [2.24, 2.45) is 0 Å². The fourth-order valence-corrected chi connectivity index (χ4v) is 1.13. The predicted molar refractivity (Wildman–Crippen MR) is 48.9 cm³/mol. The number of halogens is 4. The smallest absolute Gasteiger partial charge is 0.387 e. The predicted octanol–water partition coefficient (Wildman–Crippen LogP) is 2.74. The third-order valence-corrected chi connectivity index (χ3v) is 1.71. The van der Waals surface area contributed by atoms with E-state index in [0.29, 0.717) is 12.1 Å². The molecule has 7 heteroatoms. The molecular formula is C10H8F4O3. The molecule has 1 aromatic carbocycles. The second kappa shape index (κ2) is 5.51. The van der Waals surface area contributed by atoms with Gasteiger partial charge in [0.05, 0.1) is 6.61 Å². The number of hydrogen-bond donors (Lipinski definition) is 0. The van der Waals surface area contributed by atoms with Crippen LogP contribution in [0.4, 0.5) is 17.6 Å². The molecule has 0 atom stereocenters. The summed E-state index contributed by atoms with van der Waals surface area (Å²) < 4.78 is 58.3. The largest absolute Gasteiger partial charge is 0.462 e. The van der Waals surface area contributed by atoms with E-state index in [1.165, 1.54) is 6.92 Å². The van der Waals surface area contributed by atoms with E-state index in [4.69, 9.17) is 0 Å². The first-order valence-electron chi connectivity index (χ1n) is 4.56. The van der Waals surface area contributed by atoms with Crippen LogP contribution >= 0.6 is 0 Å². The lowest BCUT2D eigenvalue weighted by atomic mass is 10.2. The molecule has 3 nitrogen and oxygen atoms in total. The summed E-state index contributed by atoms with van der Waals surface area (Å²) >= 11 is 0. The maximum absolute atomic E-state index is 13.2. The zero-order valence-corrected chi connectivity index (χ0v) is 8.68. The monoisotopic (exact) mass is 252 g/mol. The molecule has 0 heterocycles. The molecule has 0 aliphatic heterocycles. The summed E-state index contributed by atoms with van der Waals surface area (Å²) in [4.78, 5) is 11.3. The highest BCUT2D eigenvalue weighted by Crippen LogP contribution is 2.26. The second-order valence-electron chi connectivity index (χ2n) is 2.86. The molecule has 0 radical (unpaired) electrons. The van der Waals surface area contributed by atoms with Crippen molar-refractivity contribution >= 4 is 5.97 Å². The van der Waals surface area contributed by atoms with Gasteiger partial charge in [-0.1, -0.05) is 0 Å². The molecule has 0 aliphatic carbocycles. The minimum atomic E-state index is -3.33. The Bertz CT molecular complexity index is 420. The average Bonchev–Trinajstić information content (AvgIpc) is 2.21. The first-order chi connectivity index (χ1) is 7.95. The van der Waals surface area contributed by atoms with Gasteiger partial charge < -0.3 is 9.47 Å². The highest BCUT2D eigenvalue weighted by molar-refractivity contribution is 5.92. The van der Waals surface area contributed by atoms with Crippen LogP contribution in [0.5, 0.6) is 5.75 Å². The van der Waals surface area contributed by atoms with Crippen LogP contribution in [-0.2, 0) is 4.74 Å². The van der Waals surface area contributed by atoms with Crippen molar-refractivity contribution in [3.63, 3.8) is 0 Å². The second-order valence-corrected chi connectivity index (χ2v) is 2.86. The highest BCUT2D eigenvalue weighted by Gasteiger charge is 2.22. The Labute approximate surface area is 93.9 Å². The molecular weight excluding hydrogens is 244 g/mol. The summed E-state index contributed by atoms with van der Waals surface area (Å²) in [5, 5.41) is 0. The number of rotatable bonds is 4. The normalized spacial score (nSPS) is 10.5. The SMILES string of the molecule is CCOC(=O)c1cc(F)cc(F)c1OC(F)F. The van der Waals surface area contributed by atoms with E-state index in [1.54, 1.807) is 0 Å². The maximum Gasteiger partial charge on any atom is 0.387 e. The zero-order valence-electron chi connectivity index (χ0n) is 8.68. The van der Waals surface area contributed by atoms with Gasteiger partial charge >= 0.3 is 12.6 Å². The molecule has 0 N–H and O–H groups in total. The van der Waals surface area contributed by atoms with E-state index in [2.05, 4.69) is 9.47 Å². The highest BCUT2D eigenvalue weighted by atomic mass is 19.3. The van der Waals surface area contributed by atoms with Crippen LogP contribution in [0.15, 0.2) is 12.1 Å². The van der Waals surface area contributed by atoms with Crippen molar-refractivity contribution in [1.29, 1.82) is 0 Å². The summed E-state index contributed by atoms with van der Waals surface area (Å²) in [6.45, 7) is -1.94. The molecule has 0 aromatic heterocycles. The molecule has 0 bridgehead atoms. The molecule has 0 amide bonds. The van der Waals surface area contributed by atoms with Crippen molar-refractivity contribution in [3.8, 4) is 5.75 Å². The van der Waals surface area contributed by atoms with Gasteiger partial charge in [-0.15, -0.1) is 0 Å². The van der Waals surface area contributed by atoms with E-state index in [-0.39, 0.29) is 6.61 Å². The topological polar surface area (TPSA) is 35.5 Å². The molecule has 94 valence electrons. The summed E-state index contributed by atoms with van der Waals surface area (Å²) in [6.07, 6.45) is 0. The number of benzene rings is 1. The van der Waals surface area contributed by atoms with Crippen molar-refractivity contribution in [2.45, 2.75) is 13.5 Å². The van der Waals surface area contributed by atoms with Crippen molar-refractivity contribution in [2.75, 3.05) is 6.61 Å². The Hall–Kier alpha value is -1.79. The zero-order chi connectivity index (χ0) is 13.0. The van der Waals surface area contributed by atoms with Crippen LogP contribution < -0.4 is 4.74 Å². The van der Waals surface area contributed by atoms with Gasteiger partial charge in [0.25, 0.3) is 0 Å². The molecule has 0 saturated carbocycles. The fraction of sp³-hybridized carbons (Fsp3) is 0.300. The minimum absolute atomic E-state index is 0.0644. The Balaban J connectivity index is 3.19. The molecule has 1 aromatic rings. The van der Waals surface area contributed by atoms with Gasteiger partial charge in [0, 0.05) is 6.07 Å². The van der Waals surface area contributed by atoms with Gasteiger partial charge in [0.2, 0.25) is 0 Å². The van der Waals surface area contributed by atoms with Crippen LogP contribution in [0.1, 0.15) is 17.3 Å². The fourth-order valence-electron chi connectivity index (χ4n) is 1.13. The van der Waals surface area contributed by atoms with Gasteiger partial charge in [-0.25, -0.2) is 13.6 Å². The van der Waals surface area contributed by atoms with Crippen molar-refractivity contribution in [3.05, 3.63) is 29.3 Å². The van der Waals surface area contributed by atoms with Gasteiger partial charge in [0.15, 0.2) is 11.6 Å². The molecule has 0 saturated heterocycles. The number of hydrogen-bond acceptors (Lipinski definition) is 3. The third-order valence-electron chi connectivity index (χ3n) is 1.71. The lowest BCUT2D eigenvalue weighted by molar-refractivity contribution is -0.0529. The Morgan fingerprint density at radius 3 is 2.53 bits per heavy atom. The molecule has 0 unspecified atom stereocenters. The number of esters is 1. The van der Waals surface area contributed by atoms with Crippen LogP contribution in [0.25, 0.3) is 0 Å². The molecule has 0 aliphatic rings. The summed E-state index contributed by atoms with van der Waals surface area (Å²) in [6, 6.07) is 0.902. The van der Waals surface area contributed by atoms with Crippen LogP contribution in [0.3, 0.4) is 0 Å². The van der Waals surface area contributed by atoms with Crippen molar-refractivity contribution < 1.29 is 31.8 Å². The average molecular weight is 252 g/mol. The van der Waals surface area contributed by atoms with E-state index in [9.17, 15) is 22.4 Å². The molecule has 17 heavy (non-hydrogen) atoms. The quantitative estimate of drug-likeness (QED) is 0.610. The van der Waals surface area contributed by atoms with E-state index >= 15 is 0 Å². The minimum Gasteiger partial charge on any atom is -0.462 e. The van der Waals surface area contributed by atoms with E-state index < -0.39 is 35.5 Å². The van der Waals surface area contributed by atoms with Gasteiger partial charge in [-0.3, -0.25) is 0 Å². The van der Waals surface area contributed by atoms with Crippen LogP contribution in [-0.4, -0.2) is 19.2 Å². The molecule has 1 rings (SSSR count). The van der Waals surface area contributed by atoms with Crippen LogP contribution in [0, 0.1) is 11.6 Å². The Morgan fingerprint density at radius 1 is 1.35 bits per heavy atom. The summed E-state index contributed by atoms with van der Waals surface area (Å²) in [5.41, 5.74) is -0.718. The van der Waals surface area contributed by atoms with E-state index in [1.807, 2.05) is 0 Å². The standard InChI is InChI=1S/C10H8F4O3/c1-2-16-9(15)6-3-5(11)4-7(12)8(6)17-10(13)14/h3-4,10H,2H2,1H3. The summed E-state index contributed by atoms with van der Waals surface area (Å²) in [5.74, 6) is -4.65. The van der Waals surface area contributed by atoms with Gasteiger partial charge in [-0.05, 0) is 13.0 Å². The Morgan fingerprint density at radius 2 is 2.00 bits per heavy atom. The number of carbonyl (C=O) groups is 1. The Kier molecular flexibility index (Phi) is 4.30. The van der Waals surface area contributed by atoms with E-state index in [0.717, 1.165) is 0 Å². The van der Waals surface area contributed by atoms with Gasteiger partial charge in [0.1, 0.15) is 11.4 Å². The maximum atomic E-state index is 13.2. The van der Waals surface area contributed by atoms with Crippen molar-refractivity contribution in [1.82, 2.24) is 0 Å². The number of carbonyl (C=O) groups excluding carboxylic acids is 1. The first kappa shape index (κ1) is 13.3. The lowest BCUT2D eigenvalue weighted by Crippen LogP contribution is -2.12. The molecule has 0 spiro atoms.